The third-order valence-electron chi connectivity index (χ3n) is 8.61. The predicted molar refractivity (Wildman–Crippen MR) is 251 cm³/mol. The predicted octanol–water partition coefficient (Wildman–Crippen LogP) is 13.4. The Morgan fingerprint density at radius 3 is 1.65 bits per heavy atom. The summed E-state index contributed by atoms with van der Waals surface area (Å²) in [7, 11) is 4.46. The number of phenolic OH excluding ortho intramolecular Hbond substituents is 1. The van der Waals surface area contributed by atoms with Gasteiger partial charge in [0.25, 0.3) is 0 Å². The molecule has 2 N–H and O–H groups in total. The van der Waals surface area contributed by atoms with Gasteiger partial charge in [0.05, 0.1) is 32.5 Å². The van der Waals surface area contributed by atoms with Crippen molar-refractivity contribution in [1.82, 2.24) is 9.97 Å². The number of para-hydroxylation sites is 4. The van der Waals surface area contributed by atoms with E-state index in [1.165, 1.54) is 20.3 Å². The quantitative estimate of drug-likeness (QED) is 0.0986. The average molecular weight is 963 g/mol. The van der Waals surface area contributed by atoms with Gasteiger partial charge in [-0.15, -0.1) is 0 Å². The second kappa shape index (κ2) is 23.6. The molecule has 0 saturated carbocycles. The fraction of sp³-hybridized carbons (Fsp3) is 0.167. The Balaban J connectivity index is 0.000000266. The fourth-order valence-corrected chi connectivity index (χ4v) is 6.47. The zero-order valence-corrected chi connectivity index (χ0v) is 35.1. The number of benzene rings is 6. The summed E-state index contributed by atoms with van der Waals surface area (Å²) >= 11 is 15.3. The lowest BCUT2D eigenvalue weighted by Gasteiger charge is -2.18. The van der Waals surface area contributed by atoms with Crippen molar-refractivity contribution < 1.29 is 47.6 Å². The van der Waals surface area contributed by atoms with Crippen LogP contribution in [0.3, 0.4) is 0 Å². The lowest BCUT2D eigenvalue weighted by atomic mass is 10.1. The number of aromatic hydroxyl groups is 1. The summed E-state index contributed by atoms with van der Waals surface area (Å²) in [5.74, 6) is 0.834. The van der Waals surface area contributed by atoms with E-state index in [2.05, 4.69) is 30.6 Å². The van der Waals surface area contributed by atoms with E-state index in [0.717, 1.165) is 16.8 Å². The summed E-state index contributed by atoms with van der Waals surface area (Å²) in [6, 6.07) is 38.3. The molecule has 2 unspecified atom stereocenters. The number of oxazole rings is 2. The first-order valence-electron chi connectivity index (χ1n) is 17.9. The summed E-state index contributed by atoms with van der Waals surface area (Å²) in [5.41, 5.74) is 4.93. The van der Waals surface area contributed by atoms with E-state index in [-0.39, 0.29) is 39.7 Å². The molecule has 330 valence electrons. The van der Waals surface area contributed by atoms with Gasteiger partial charge in [-0.3, -0.25) is 4.79 Å². The zero-order chi connectivity index (χ0) is 42.8. The Kier molecular flexibility index (Phi) is 19.0. The number of nitrogens with zero attached hydrogens (tertiary/aromatic N) is 2. The monoisotopic (exact) mass is 960 g/mol. The molecule has 63 heavy (non-hydrogen) atoms. The maximum Gasteiger partial charge on any atom is 0.349 e. The highest BCUT2D eigenvalue weighted by molar-refractivity contribution is 9.09. The van der Waals surface area contributed by atoms with Crippen molar-refractivity contribution >= 4 is 73.3 Å². The van der Waals surface area contributed by atoms with Crippen LogP contribution in [0.1, 0.15) is 44.3 Å². The van der Waals surface area contributed by atoms with Gasteiger partial charge in [-0.05, 0) is 90.5 Å². The number of carboxylic acids is 1. The third kappa shape index (κ3) is 12.8. The van der Waals surface area contributed by atoms with Crippen LogP contribution < -0.4 is 14.2 Å². The first-order valence-corrected chi connectivity index (χ1v) is 19.5. The van der Waals surface area contributed by atoms with Gasteiger partial charge in [-0.2, -0.15) is 0 Å². The van der Waals surface area contributed by atoms with Crippen LogP contribution >= 0.6 is 39.1 Å². The van der Waals surface area contributed by atoms with Crippen molar-refractivity contribution in [3.8, 4) is 45.9 Å². The van der Waals surface area contributed by atoms with Gasteiger partial charge in [0, 0.05) is 15.6 Å². The molecular weight excluding hydrogens is 915 g/mol. The molecular formula is C48H47BrCl2N2O10. The highest BCUT2D eigenvalue weighted by atomic mass is 79.9. The molecule has 0 aliphatic carbocycles. The lowest BCUT2D eigenvalue weighted by Crippen LogP contribution is -2.18. The Hall–Kier alpha value is -6.54. The summed E-state index contributed by atoms with van der Waals surface area (Å²) in [4.78, 5) is 31.5. The minimum atomic E-state index is -1.26. The van der Waals surface area contributed by atoms with Gasteiger partial charge < -0.3 is 38.0 Å². The van der Waals surface area contributed by atoms with Crippen LogP contribution in [0.15, 0.2) is 142 Å². The number of aromatic nitrogens is 2. The first-order chi connectivity index (χ1) is 29.0. The number of carboxylic acid groups (broad SMARTS) is 1. The highest BCUT2D eigenvalue weighted by Gasteiger charge is 2.25. The molecule has 0 aliphatic heterocycles. The lowest BCUT2D eigenvalue weighted by molar-refractivity contribution is -0.145. The minimum absolute atomic E-state index is 0. The highest BCUT2D eigenvalue weighted by Crippen LogP contribution is 2.37. The van der Waals surface area contributed by atoms with Crippen LogP contribution in [-0.2, 0) is 14.3 Å². The molecule has 2 heterocycles. The first kappa shape index (κ1) is 50.8. The maximum absolute atomic E-state index is 11.9. The van der Waals surface area contributed by atoms with Gasteiger partial charge in [0.2, 0.25) is 17.9 Å². The van der Waals surface area contributed by atoms with Crippen LogP contribution in [0.5, 0.6) is 23.0 Å². The van der Waals surface area contributed by atoms with Crippen molar-refractivity contribution in [3.05, 3.63) is 155 Å². The van der Waals surface area contributed by atoms with E-state index < -0.39 is 16.9 Å². The molecule has 0 spiro atoms. The Labute approximate surface area is 384 Å². The molecule has 8 rings (SSSR count). The van der Waals surface area contributed by atoms with E-state index in [1.54, 1.807) is 73.8 Å². The number of hydrogen-bond acceptors (Lipinski definition) is 11. The topological polar surface area (TPSA) is 164 Å². The molecule has 0 fully saturated rings. The number of esters is 1. The summed E-state index contributed by atoms with van der Waals surface area (Å²) in [5, 5.41) is 20.5. The number of halogens is 3. The SMILES string of the molecule is C.C.C.COC(=O)C(Br)c1cccc(OC)c1.COc1cccc(C(Oc2ccc(Cl)cc2-c2nc3ccccc3o2)C(=O)O)c1.Oc1ccc(Cl)cc1-c1nc2ccccc2o1. The molecule has 12 nitrogen and oxygen atoms in total. The van der Waals surface area contributed by atoms with Crippen molar-refractivity contribution in [2.75, 3.05) is 21.3 Å². The number of hydrogen-bond donors (Lipinski definition) is 2. The summed E-state index contributed by atoms with van der Waals surface area (Å²) in [6.45, 7) is 0. The number of aliphatic carboxylic acids is 1. The summed E-state index contributed by atoms with van der Waals surface area (Å²) < 4.78 is 32.1. The molecule has 0 radical (unpaired) electrons. The second-order valence-electron chi connectivity index (χ2n) is 12.6. The number of carbonyl (C=O) groups excluding carboxylic acids is 1. The van der Waals surface area contributed by atoms with E-state index >= 15 is 0 Å². The van der Waals surface area contributed by atoms with Gasteiger partial charge in [-0.1, -0.05) is 110 Å². The smallest absolute Gasteiger partial charge is 0.349 e. The molecule has 0 amide bonds. The number of ether oxygens (including phenoxy) is 4. The van der Waals surface area contributed by atoms with Crippen LogP contribution in [0.25, 0.3) is 45.1 Å². The van der Waals surface area contributed by atoms with Crippen molar-refractivity contribution in [1.29, 1.82) is 0 Å². The van der Waals surface area contributed by atoms with Crippen LogP contribution in [0, 0.1) is 0 Å². The van der Waals surface area contributed by atoms with E-state index in [9.17, 15) is 19.8 Å². The maximum atomic E-state index is 11.9. The Bertz CT molecular complexity index is 2690. The van der Waals surface area contributed by atoms with E-state index in [0.29, 0.717) is 60.9 Å². The van der Waals surface area contributed by atoms with Gasteiger partial charge in [0.15, 0.2) is 11.2 Å². The molecule has 0 bridgehead atoms. The van der Waals surface area contributed by atoms with Gasteiger partial charge in [-0.25, -0.2) is 14.8 Å². The number of methoxy groups -OCH3 is 3. The van der Waals surface area contributed by atoms with Crippen LogP contribution in [0.2, 0.25) is 10.0 Å². The second-order valence-corrected chi connectivity index (χ2v) is 14.3. The van der Waals surface area contributed by atoms with Crippen LogP contribution in [-0.4, -0.2) is 53.4 Å². The molecule has 2 atom stereocenters. The normalized spacial score (nSPS) is 11.1. The molecule has 2 aromatic heterocycles. The summed E-state index contributed by atoms with van der Waals surface area (Å²) in [6.07, 6.45) is -1.26. The number of phenols is 1. The minimum Gasteiger partial charge on any atom is -0.507 e. The number of alkyl halides is 1. The molecule has 15 heteroatoms. The average Bonchev–Trinajstić information content (AvgIpc) is 3.91. The molecule has 6 aromatic carbocycles. The Morgan fingerprint density at radius 2 is 1.13 bits per heavy atom. The molecule has 8 aromatic rings. The number of fused-ring (bicyclic) bond motifs is 2. The zero-order valence-electron chi connectivity index (χ0n) is 32.0. The van der Waals surface area contributed by atoms with Crippen molar-refractivity contribution in [3.63, 3.8) is 0 Å². The van der Waals surface area contributed by atoms with E-state index in [4.69, 9.17) is 46.2 Å². The standard InChI is InChI=1S/C22H16ClNO5.C13H8ClNO2.C10H11BrO3.3CH4/c1-27-15-6-4-5-13(11-15)20(22(25)26)28-18-10-9-14(23)12-16(18)21-24-17-7-2-3-8-19(17)29-21;14-8-5-6-11(16)9(7-8)13-15-10-3-1-2-4-12(10)17-13;1-13-8-5-3-4-7(6-8)9(11)10(12)14-2;;;/h2-12,20H,1H3,(H,25,26);1-7,16H;3-6,9H,1-2H3;3*1H4. The van der Waals surface area contributed by atoms with Crippen molar-refractivity contribution in [2.24, 2.45) is 0 Å². The number of carbonyl (C=O) groups is 2. The molecule has 0 saturated heterocycles. The van der Waals surface area contributed by atoms with Crippen molar-refractivity contribution in [2.45, 2.75) is 33.2 Å². The molecule has 0 aliphatic rings. The Morgan fingerprint density at radius 1 is 0.635 bits per heavy atom. The van der Waals surface area contributed by atoms with Crippen LogP contribution in [0.4, 0.5) is 0 Å². The van der Waals surface area contributed by atoms with E-state index in [1.807, 2.05) is 60.7 Å². The number of rotatable bonds is 10. The van der Waals surface area contributed by atoms with Gasteiger partial charge in [0.1, 0.15) is 38.9 Å². The largest absolute Gasteiger partial charge is 0.507 e. The fourth-order valence-electron chi connectivity index (χ4n) is 5.66. The third-order valence-corrected chi connectivity index (χ3v) is 9.98. The van der Waals surface area contributed by atoms with Gasteiger partial charge >= 0.3 is 11.9 Å².